The number of aliphatic hydroxyl groups is 1. The Labute approximate surface area is 107 Å². The van der Waals surface area contributed by atoms with Crippen LogP contribution >= 0.6 is 0 Å². The molecule has 0 bridgehead atoms. The fourth-order valence-electron chi connectivity index (χ4n) is 1.47. The van der Waals surface area contributed by atoms with Gasteiger partial charge in [0, 0.05) is 11.8 Å². The Morgan fingerprint density at radius 3 is 2.68 bits per heavy atom. The van der Waals surface area contributed by atoms with Crippen molar-refractivity contribution in [3.8, 4) is 0 Å². The molecule has 6 heteroatoms. The van der Waals surface area contributed by atoms with Gasteiger partial charge < -0.3 is 10.4 Å². The maximum atomic E-state index is 13.0. The van der Waals surface area contributed by atoms with Crippen molar-refractivity contribution in [2.45, 2.75) is 6.61 Å². The number of pyridine rings is 1. The topological polar surface area (TPSA) is 62.2 Å². The molecule has 98 valence electrons. The van der Waals surface area contributed by atoms with Crippen LogP contribution in [-0.2, 0) is 6.61 Å². The summed E-state index contributed by atoms with van der Waals surface area (Å²) >= 11 is 0. The molecule has 1 heterocycles. The lowest BCUT2D eigenvalue weighted by atomic mass is 10.2. The van der Waals surface area contributed by atoms with Crippen LogP contribution in [0.3, 0.4) is 0 Å². The molecule has 4 nitrogen and oxygen atoms in total. The van der Waals surface area contributed by atoms with Crippen LogP contribution in [0.1, 0.15) is 15.9 Å². The zero-order chi connectivity index (χ0) is 13.8. The predicted octanol–water partition coefficient (Wildman–Crippen LogP) is 2.10. The Bertz CT molecular complexity index is 617. The second kappa shape index (κ2) is 5.53. The number of rotatable bonds is 3. The van der Waals surface area contributed by atoms with E-state index >= 15 is 0 Å². The molecule has 0 spiro atoms. The van der Waals surface area contributed by atoms with E-state index in [-0.39, 0.29) is 18.0 Å². The van der Waals surface area contributed by atoms with Crippen LogP contribution in [0.5, 0.6) is 0 Å². The van der Waals surface area contributed by atoms with E-state index in [1.54, 1.807) is 6.07 Å². The Kier molecular flexibility index (Phi) is 3.82. The number of halogens is 2. The summed E-state index contributed by atoms with van der Waals surface area (Å²) in [6.45, 7) is -0.184. The highest BCUT2D eigenvalue weighted by molar-refractivity contribution is 6.03. The van der Waals surface area contributed by atoms with Crippen molar-refractivity contribution in [2.24, 2.45) is 0 Å². The monoisotopic (exact) mass is 264 g/mol. The third-order valence-electron chi connectivity index (χ3n) is 2.43. The number of carbonyl (C=O) groups excluding carboxylic acids is 1. The minimum Gasteiger partial charge on any atom is -0.392 e. The SMILES string of the molecule is O=C(Nc1cc(CO)ccn1)c1ccc(F)c(F)c1. The van der Waals surface area contributed by atoms with Gasteiger partial charge in [0.2, 0.25) is 0 Å². The second-order valence-corrected chi connectivity index (χ2v) is 3.79. The van der Waals surface area contributed by atoms with E-state index in [0.29, 0.717) is 5.56 Å². The molecule has 2 aromatic rings. The van der Waals surface area contributed by atoms with Gasteiger partial charge in [0.05, 0.1) is 6.61 Å². The largest absolute Gasteiger partial charge is 0.392 e. The summed E-state index contributed by atoms with van der Waals surface area (Å²) in [5.41, 5.74) is 0.561. The molecular formula is C13H10F2N2O2. The normalized spacial score (nSPS) is 10.3. The van der Waals surface area contributed by atoms with Crippen LogP contribution in [-0.4, -0.2) is 16.0 Å². The molecule has 0 unspecified atom stereocenters. The van der Waals surface area contributed by atoms with Gasteiger partial charge in [0.15, 0.2) is 11.6 Å². The van der Waals surface area contributed by atoms with Crippen molar-refractivity contribution < 1.29 is 18.7 Å². The molecule has 1 aromatic heterocycles. The molecule has 0 aliphatic carbocycles. The lowest BCUT2D eigenvalue weighted by Crippen LogP contribution is -2.13. The number of benzene rings is 1. The molecule has 1 aromatic carbocycles. The summed E-state index contributed by atoms with van der Waals surface area (Å²) in [7, 11) is 0. The van der Waals surface area contributed by atoms with Gasteiger partial charge in [-0.3, -0.25) is 4.79 Å². The van der Waals surface area contributed by atoms with E-state index in [1.165, 1.54) is 18.3 Å². The summed E-state index contributed by atoms with van der Waals surface area (Å²) in [4.78, 5) is 15.7. The van der Waals surface area contributed by atoms with Crippen LogP contribution < -0.4 is 5.32 Å². The lowest BCUT2D eigenvalue weighted by Gasteiger charge is -2.05. The van der Waals surface area contributed by atoms with Crippen molar-refractivity contribution in [3.05, 3.63) is 59.3 Å². The molecule has 0 saturated heterocycles. The maximum Gasteiger partial charge on any atom is 0.256 e. The number of aliphatic hydroxyl groups excluding tert-OH is 1. The van der Waals surface area contributed by atoms with Crippen LogP contribution in [0.2, 0.25) is 0 Å². The Hall–Kier alpha value is -2.34. The number of anilines is 1. The summed E-state index contributed by atoms with van der Waals surface area (Å²) in [6, 6.07) is 5.93. The van der Waals surface area contributed by atoms with Crippen molar-refractivity contribution >= 4 is 11.7 Å². The number of amides is 1. The van der Waals surface area contributed by atoms with Gasteiger partial charge in [-0.1, -0.05) is 0 Å². The summed E-state index contributed by atoms with van der Waals surface area (Å²) in [6.07, 6.45) is 1.42. The van der Waals surface area contributed by atoms with E-state index in [4.69, 9.17) is 5.11 Å². The van der Waals surface area contributed by atoms with Gasteiger partial charge in [-0.15, -0.1) is 0 Å². The second-order valence-electron chi connectivity index (χ2n) is 3.79. The van der Waals surface area contributed by atoms with Gasteiger partial charge in [-0.2, -0.15) is 0 Å². The first kappa shape index (κ1) is 13.1. The molecule has 19 heavy (non-hydrogen) atoms. The smallest absolute Gasteiger partial charge is 0.256 e. The molecule has 0 atom stereocenters. The molecule has 0 saturated carbocycles. The standard InChI is InChI=1S/C13H10F2N2O2/c14-10-2-1-9(6-11(10)15)13(19)17-12-5-8(7-18)3-4-16-12/h1-6,18H,7H2,(H,16,17,19). The Morgan fingerprint density at radius 2 is 2.00 bits per heavy atom. The Morgan fingerprint density at radius 1 is 1.21 bits per heavy atom. The molecule has 2 N–H and O–H groups in total. The predicted molar refractivity (Wildman–Crippen MR) is 64.5 cm³/mol. The van der Waals surface area contributed by atoms with E-state index in [9.17, 15) is 13.6 Å². The van der Waals surface area contributed by atoms with E-state index in [2.05, 4.69) is 10.3 Å². The first-order valence-corrected chi connectivity index (χ1v) is 5.42. The number of nitrogens with zero attached hydrogens (tertiary/aromatic N) is 1. The van der Waals surface area contributed by atoms with Crippen LogP contribution in [0.4, 0.5) is 14.6 Å². The van der Waals surface area contributed by atoms with E-state index in [1.807, 2.05) is 0 Å². The first-order chi connectivity index (χ1) is 9.10. The van der Waals surface area contributed by atoms with E-state index in [0.717, 1.165) is 12.1 Å². The van der Waals surface area contributed by atoms with Gasteiger partial charge in [-0.05, 0) is 35.9 Å². The zero-order valence-corrected chi connectivity index (χ0v) is 9.73. The first-order valence-electron chi connectivity index (χ1n) is 5.42. The molecule has 0 radical (unpaired) electrons. The number of nitrogens with one attached hydrogen (secondary N) is 1. The average molecular weight is 264 g/mol. The molecule has 0 fully saturated rings. The van der Waals surface area contributed by atoms with Gasteiger partial charge in [-0.25, -0.2) is 13.8 Å². The summed E-state index contributed by atoms with van der Waals surface area (Å²) < 4.78 is 25.7. The maximum absolute atomic E-state index is 13.0. The molecular weight excluding hydrogens is 254 g/mol. The van der Waals surface area contributed by atoms with Crippen molar-refractivity contribution in [1.82, 2.24) is 4.98 Å². The Balaban J connectivity index is 2.18. The summed E-state index contributed by atoms with van der Waals surface area (Å²) in [5.74, 6) is -2.50. The van der Waals surface area contributed by atoms with Gasteiger partial charge >= 0.3 is 0 Å². The third kappa shape index (κ3) is 3.11. The molecule has 1 amide bonds. The number of hydrogen-bond acceptors (Lipinski definition) is 3. The quantitative estimate of drug-likeness (QED) is 0.892. The van der Waals surface area contributed by atoms with Gasteiger partial charge in [0.25, 0.3) is 5.91 Å². The van der Waals surface area contributed by atoms with Crippen molar-refractivity contribution in [2.75, 3.05) is 5.32 Å². The van der Waals surface area contributed by atoms with Crippen LogP contribution in [0, 0.1) is 11.6 Å². The highest BCUT2D eigenvalue weighted by Crippen LogP contribution is 2.12. The highest BCUT2D eigenvalue weighted by atomic mass is 19.2. The van der Waals surface area contributed by atoms with E-state index < -0.39 is 17.5 Å². The summed E-state index contributed by atoms with van der Waals surface area (Å²) in [5, 5.41) is 11.4. The van der Waals surface area contributed by atoms with Gasteiger partial charge in [0.1, 0.15) is 5.82 Å². The third-order valence-corrected chi connectivity index (χ3v) is 2.43. The van der Waals surface area contributed by atoms with Crippen LogP contribution in [0.15, 0.2) is 36.5 Å². The van der Waals surface area contributed by atoms with Crippen LogP contribution in [0.25, 0.3) is 0 Å². The molecule has 2 rings (SSSR count). The number of aromatic nitrogens is 1. The number of hydrogen-bond donors (Lipinski definition) is 2. The zero-order valence-electron chi connectivity index (χ0n) is 9.73. The molecule has 0 aliphatic rings. The van der Waals surface area contributed by atoms with Crippen molar-refractivity contribution in [1.29, 1.82) is 0 Å². The number of carbonyl (C=O) groups is 1. The average Bonchev–Trinajstić information content (AvgIpc) is 2.42. The molecule has 0 aliphatic heterocycles. The van der Waals surface area contributed by atoms with Crippen molar-refractivity contribution in [3.63, 3.8) is 0 Å². The highest BCUT2D eigenvalue weighted by Gasteiger charge is 2.10. The fraction of sp³-hybridized carbons (Fsp3) is 0.0769. The lowest BCUT2D eigenvalue weighted by molar-refractivity contribution is 0.102. The minimum atomic E-state index is -1.09. The minimum absolute atomic E-state index is 0.0184. The fourth-order valence-corrected chi connectivity index (χ4v) is 1.47.